The topological polar surface area (TPSA) is 26.3 Å². The van der Waals surface area contributed by atoms with E-state index in [0.29, 0.717) is 21.9 Å². The van der Waals surface area contributed by atoms with Crippen LogP contribution in [0.25, 0.3) is 0 Å². The highest BCUT2D eigenvalue weighted by Crippen LogP contribution is 2.26. The Morgan fingerprint density at radius 2 is 1.89 bits per heavy atom. The molecule has 0 heterocycles. The summed E-state index contributed by atoms with van der Waals surface area (Å²) in [6.07, 6.45) is 0. The van der Waals surface area contributed by atoms with E-state index in [4.69, 9.17) is 16.3 Å². The number of methoxy groups -OCH3 is 1. The number of halogens is 2. The van der Waals surface area contributed by atoms with Crippen LogP contribution in [0.3, 0.4) is 0 Å². The average Bonchev–Trinajstić information content (AvgIpc) is 2.38. The first-order valence-electron chi connectivity index (χ1n) is 5.67. The lowest BCUT2D eigenvalue weighted by atomic mass is 9.98. The Morgan fingerprint density at radius 1 is 1.16 bits per heavy atom. The fourth-order valence-corrected chi connectivity index (χ4v) is 2.60. The van der Waals surface area contributed by atoms with Crippen LogP contribution in [0, 0.1) is 10.5 Å². The maximum atomic E-state index is 12.6. The van der Waals surface area contributed by atoms with Crippen LogP contribution in [0.1, 0.15) is 21.5 Å². The zero-order chi connectivity index (χ0) is 14.0. The van der Waals surface area contributed by atoms with Crippen LogP contribution in [0.5, 0.6) is 5.75 Å². The van der Waals surface area contributed by atoms with Crippen molar-refractivity contribution in [1.29, 1.82) is 0 Å². The molecule has 0 aliphatic rings. The number of ketones is 1. The molecule has 4 heteroatoms. The molecule has 0 aliphatic carbocycles. The quantitative estimate of drug-likeness (QED) is 0.574. The predicted molar refractivity (Wildman–Crippen MR) is 85.3 cm³/mol. The largest absolute Gasteiger partial charge is 0.496 e. The SMILES string of the molecule is COc1ccc(I)cc1C(=O)c1ccc(Cl)cc1C. The van der Waals surface area contributed by atoms with Crippen molar-refractivity contribution in [3.05, 3.63) is 61.7 Å². The van der Waals surface area contributed by atoms with Gasteiger partial charge in [0.05, 0.1) is 12.7 Å². The van der Waals surface area contributed by atoms with Crippen molar-refractivity contribution in [2.45, 2.75) is 6.92 Å². The minimum atomic E-state index is -0.0514. The zero-order valence-corrected chi connectivity index (χ0v) is 13.4. The number of benzene rings is 2. The van der Waals surface area contributed by atoms with Crippen LogP contribution < -0.4 is 4.74 Å². The van der Waals surface area contributed by atoms with Gasteiger partial charge in [0.1, 0.15) is 5.75 Å². The molecular weight excluding hydrogens is 375 g/mol. The van der Waals surface area contributed by atoms with Gasteiger partial charge in [0, 0.05) is 14.2 Å². The lowest BCUT2D eigenvalue weighted by molar-refractivity contribution is 0.103. The van der Waals surface area contributed by atoms with Gasteiger partial charge >= 0.3 is 0 Å². The smallest absolute Gasteiger partial charge is 0.197 e. The lowest BCUT2D eigenvalue weighted by Crippen LogP contribution is -2.06. The molecule has 0 radical (unpaired) electrons. The van der Waals surface area contributed by atoms with Gasteiger partial charge in [-0.3, -0.25) is 4.79 Å². The monoisotopic (exact) mass is 386 g/mol. The van der Waals surface area contributed by atoms with Crippen molar-refractivity contribution in [3.8, 4) is 5.75 Å². The first-order chi connectivity index (χ1) is 9.02. The molecule has 2 aromatic carbocycles. The molecule has 0 aromatic heterocycles. The lowest BCUT2D eigenvalue weighted by Gasteiger charge is -2.10. The maximum absolute atomic E-state index is 12.6. The van der Waals surface area contributed by atoms with Gasteiger partial charge in [-0.2, -0.15) is 0 Å². The Kier molecular flexibility index (Phi) is 4.47. The Hall–Kier alpha value is -1.07. The third-order valence-corrected chi connectivity index (χ3v) is 3.75. The van der Waals surface area contributed by atoms with Crippen LogP contribution in [0.15, 0.2) is 36.4 Å². The minimum absolute atomic E-state index is 0.0514. The van der Waals surface area contributed by atoms with Crippen LogP contribution in [0.2, 0.25) is 5.02 Å². The van der Waals surface area contributed by atoms with Gasteiger partial charge in [-0.05, 0) is 71.5 Å². The molecule has 0 spiro atoms. The van der Waals surface area contributed by atoms with Crippen molar-refractivity contribution < 1.29 is 9.53 Å². The molecule has 0 aliphatic heterocycles. The Morgan fingerprint density at radius 3 is 2.53 bits per heavy atom. The molecule has 0 atom stereocenters. The fourth-order valence-electron chi connectivity index (χ4n) is 1.88. The standard InChI is InChI=1S/C15H12ClIO2/c1-9-7-10(16)3-5-12(9)15(18)13-8-11(17)4-6-14(13)19-2/h3-8H,1-2H3. The number of aryl methyl sites for hydroxylation is 1. The molecule has 0 saturated heterocycles. The van der Waals surface area contributed by atoms with Crippen LogP contribution >= 0.6 is 34.2 Å². The second-order valence-corrected chi connectivity index (χ2v) is 5.82. The van der Waals surface area contributed by atoms with E-state index in [2.05, 4.69) is 22.6 Å². The Labute approximate surface area is 130 Å². The molecule has 0 unspecified atom stereocenters. The number of carbonyl (C=O) groups excluding carboxylic acids is 1. The Balaban J connectivity index is 2.52. The summed E-state index contributed by atoms with van der Waals surface area (Å²) in [5.74, 6) is 0.532. The van der Waals surface area contributed by atoms with Gasteiger partial charge in [-0.15, -0.1) is 0 Å². The van der Waals surface area contributed by atoms with Gasteiger partial charge in [-0.1, -0.05) is 11.6 Å². The second-order valence-electron chi connectivity index (χ2n) is 4.13. The summed E-state index contributed by atoms with van der Waals surface area (Å²) < 4.78 is 6.25. The normalized spacial score (nSPS) is 10.3. The summed E-state index contributed by atoms with van der Waals surface area (Å²) in [6.45, 7) is 1.87. The maximum Gasteiger partial charge on any atom is 0.197 e. The van der Waals surface area contributed by atoms with Crippen molar-refractivity contribution in [3.63, 3.8) is 0 Å². The van der Waals surface area contributed by atoms with Crippen molar-refractivity contribution >= 4 is 40.0 Å². The van der Waals surface area contributed by atoms with Gasteiger partial charge < -0.3 is 4.74 Å². The van der Waals surface area contributed by atoms with Crippen LogP contribution in [-0.4, -0.2) is 12.9 Å². The molecule has 0 fully saturated rings. The molecule has 98 valence electrons. The van der Waals surface area contributed by atoms with Crippen molar-refractivity contribution in [2.24, 2.45) is 0 Å². The molecule has 0 N–H and O–H groups in total. The summed E-state index contributed by atoms with van der Waals surface area (Å²) in [4.78, 5) is 12.6. The van der Waals surface area contributed by atoms with Crippen molar-refractivity contribution in [2.75, 3.05) is 7.11 Å². The van der Waals surface area contributed by atoms with E-state index in [9.17, 15) is 4.79 Å². The molecule has 19 heavy (non-hydrogen) atoms. The van der Waals surface area contributed by atoms with E-state index in [-0.39, 0.29) is 5.78 Å². The highest BCUT2D eigenvalue weighted by Gasteiger charge is 2.16. The summed E-state index contributed by atoms with van der Waals surface area (Å²) in [6, 6.07) is 10.8. The van der Waals surface area contributed by atoms with Crippen LogP contribution in [0.4, 0.5) is 0 Å². The molecule has 0 saturated carbocycles. The zero-order valence-electron chi connectivity index (χ0n) is 10.5. The predicted octanol–water partition coefficient (Wildman–Crippen LogP) is 4.49. The van der Waals surface area contributed by atoms with Crippen molar-refractivity contribution in [1.82, 2.24) is 0 Å². The van der Waals surface area contributed by atoms with E-state index in [1.54, 1.807) is 31.4 Å². The fraction of sp³-hybridized carbons (Fsp3) is 0.133. The van der Waals surface area contributed by atoms with E-state index in [1.165, 1.54) is 0 Å². The molecule has 2 rings (SSSR count). The average molecular weight is 387 g/mol. The Bertz CT molecular complexity index is 638. The first-order valence-corrected chi connectivity index (χ1v) is 7.13. The van der Waals surface area contributed by atoms with E-state index < -0.39 is 0 Å². The van der Waals surface area contributed by atoms with E-state index >= 15 is 0 Å². The van der Waals surface area contributed by atoms with E-state index in [0.717, 1.165) is 9.13 Å². The summed E-state index contributed by atoms with van der Waals surface area (Å²) in [5.41, 5.74) is 2.07. The molecule has 0 amide bonds. The number of rotatable bonds is 3. The van der Waals surface area contributed by atoms with Gasteiger partial charge in [0.15, 0.2) is 5.78 Å². The molecule has 2 nitrogen and oxygen atoms in total. The number of hydrogen-bond acceptors (Lipinski definition) is 2. The summed E-state index contributed by atoms with van der Waals surface area (Å²) >= 11 is 8.09. The van der Waals surface area contributed by atoms with E-state index in [1.807, 2.05) is 19.1 Å². The first kappa shape index (κ1) is 14.3. The highest BCUT2D eigenvalue weighted by molar-refractivity contribution is 14.1. The number of hydrogen-bond donors (Lipinski definition) is 0. The summed E-state index contributed by atoms with van der Waals surface area (Å²) in [5, 5.41) is 0.628. The number of carbonyl (C=O) groups is 1. The van der Waals surface area contributed by atoms with Gasteiger partial charge in [0.25, 0.3) is 0 Å². The molecule has 0 bridgehead atoms. The van der Waals surface area contributed by atoms with Crippen LogP contribution in [-0.2, 0) is 0 Å². The third-order valence-electron chi connectivity index (χ3n) is 2.84. The molecule has 2 aromatic rings. The van der Waals surface area contributed by atoms with Gasteiger partial charge in [0.2, 0.25) is 0 Å². The van der Waals surface area contributed by atoms with Gasteiger partial charge in [-0.25, -0.2) is 0 Å². The third kappa shape index (κ3) is 3.09. The number of ether oxygens (including phenoxy) is 1. The second kappa shape index (κ2) is 5.92. The molecular formula is C15H12ClIO2. The highest BCUT2D eigenvalue weighted by atomic mass is 127. The minimum Gasteiger partial charge on any atom is -0.496 e. The summed E-state index contributed by atoms with van der Waals surface area (Å²) in [7, 11) is 1.56.